The number of alkyl halides is 3. The second-order valence-electron chi connectivity index (χ2n) is 4.73. The van der Waals surface area contributed by atoms with Crippen LogP contribution in [0.3, 0.4) is 0 Å². The van der Waals surface area contributed by atoms with E-state index in [1.165, 1.54) is 6.07 Å². The lowest BCUT2D eigenvalue weighted by Gasteiger charge is -2.28. The zero-order valence-electron chi connectivity index (χ0n) is 10.1. The summed E-state index contributed by atoms with van der Waals surface area (Å²) < 4.78 is 40.5. The van der Waals surface area contributed by atoms with E-state index in [1.54, 1.807) is 6.07 Å². The van der Waals surface area contributed by atoms with Gasteiger partial charge in [0.05, 0.1) is 6.10 Å². The van der Waals surface area contributed by atoms with E-state index >= 15 is 0 Å². The summed E-state index contributed by atoms with van der Waals surface area (Å²) in [5, 5.41) is 10.1. The average Bonchev–Trinajstić information content (AvgIpc) is 2.26. The molecule has 0 heterocycles. The van der Waals surface area contributed by atoms with Crippen molar-refractivity contribution in [1.82, 2.24) is 0 Å². The van der Waals surface area contributed by atoms with E-state index < -0.39 is 12.5 Å². The van der Waals surface area contributed by atoms with Crippen molar-refractivity contribution in [3.05, 3.63) is 28.8 Å². The molecule has 1 aromatic rings. The molecule has 1 aliphatic rings. The van der Waals surface area contributed by atoms with Gasteiger partial charge in [-0.25, -0.2) is 0 Å². The van der Waals surface area contributed by atoms with Crippen molar-refractivity contribution in [2.75, 3.05) is 0 Å². The molecular weight excluding hydrogens is 281 g/mol. The summed E-state index contributed by atoms with van der Waals surface area (Å²) in [6, 6.07) is 4.01. The number of aliphatic hydroxyl groups is 1. The smallest absolute Gasteiger partial charge is 0.406 e. The summed E-state index contributed by atoms with van der Waals surface area (Å²) in [4.78, 5) is 0. The molecule has 2 unspecified atom stereocenters. The van der Waals surface area contributed by atoms with Crippen molar-refractivity contribution < 1.29 is 23.0 Å². The Balaban J connectivity index is 2.25. The Labute approximate surface area is 114 Å². The van der Waals surface area contributed by atoms with Crippen LogP contribution in [0.25, 0.3) is 0 Å². The summed E-state index contributed by atoms with van der Waals surface area (Å²) in [6.07, 6.45) is -1.99. The van der Waals surface area contributed by atoms with Gasteiger partial charge in [0.25, 0.3) is 0 Å². The molecule has 19 heavy (non-hydrogen) atoms. The van der Waals surface area contributed by atoms with E-state index in [1.807, 2.05) is 0 Å². The van der Waals surface area contributed by atoms with Crippen LogP contribution in [0.1, 0.15) is 37.2 Å². The Bertz CT molecular complexity index is 448. The van der Waals surface area contributed by atoms with E-state index in [4.69, 9.17) is 11.6 Å². The number of rotatable bonds is 2. The van der Waals surface area contributed by atoms with Gasteiger partial charge >= 0.3 is 6.36 Å². The van der Waals surface area contributed by atoms with E-state index in [-0.39, 0.29) is 16.7 Å². The van der Waals surface area contributed by atoms with Crippen molar-refractivity contribution in [2.45, 2.75) is 44.1 Å². The Kier molecular flexibility index (Phi) is 4.26. The molecule has 0 amide bonds. The van der Waals surface area contributed by atoms with Gasteiger partial charge in [0, 0.05) is 10.9 Å². The molecule has 1 fully saturated rings. The van der Waals surface area contributed by atoms with Crippen molar-refractivity contribution >= 4 is 11.6 Å². The number of ether oxygens (including phenoxy) is 1. The molecule has 2 atom stereocenters. The van der Waals surface area contributed by atoms with Crippen LogP contribution in [0.2, 0.25) is 5.02 Å². The average molecular weight is 295 g/mol. The summed E-state index contributed by atoms with van der Waals surface area (Å²) in [7, 11) is 0. The fourth-order valence-corrected chi connectivity index (χ4v) is 2.72. The third-order valence-electron chi connectivity index (χ3n) is 3.28. The first-order valence-corrected chi connectivity index (χ1v) is 6.47. The minimum atomic E-state index is -4.74. The third kappa shape index (κ3) is 4.01. The second kappa shape index (κ2) is 5.59. The maximum Gasteiger partial charge on any atom is 0.573 e. The van der Waals surface area contributed by atoms with Gasteiger partial charge in [-0.05, 0) is 36.6 Å². The standard InChI is InChI=1S/C13H14ClF3O2/c14-9-5-8(11-3-1-2-4-12(11)18)6-10(7-9)19-13(15,16)17/h5-7,11-12,18H,1-4H2. The maximum atomic E-state index is 12.2. The Morgan fingerprint density at radius 3 is 2.47 bits per heavy atom. The van der Waals surface area contributed by atoms with Crippen LogP contribution < -0.4 is 4.74 Å². The van der Waals surface area contributed by atoms with Crippen molar-refractivity contribution in [1.29, 1.82) is 0 Å². The van der Waals surface area contributed by atoms with Crippen molar-refractivity contribution in [2.24, 2.45) is 0 Å². The first-order valence-electron chi connectivity index (χ1n) is 6.09. The topological polar surface area (TPSA) is 29.5 Å². The number of halogens is 4. The second-order valence-corrected chi connectivity index (χ2v) is 5.16. The van der Waals surface area contributed by atoms with Crippen LogP contribution in [0, 0.1) is 0 Å². The Hall–Kier alpha value is -0.940. The lowest BCUT2D eigenvalue weighted by atomic mass is 9.82. The molecule has 2 nitrogen and oxygen atoms in total. The largest absolute Gasteiger partial charge is 0.573 e. The fraction of sp³-hybridized carbons (Fsp3) is 0.538. The fourth-order valence-electron chi connectivity index (χ4n) is 2.49. The molecule has 0 aliphatic heterocycles. The zero-order valence-corrected chi connectivity index (χ0v) is 10.8. The van der Waals surface area contributed by atoms with E-state index in [0.717, 1.165) is 25.3 Å². The summed E-state index contributed by atoms with van der Waals surface area (Å²) in [6.45, 7) is 0. The summed E-state index contributed by atoms with van der Waals surface area (Å²) in [5.41, 5.74) is 0.596. The molecule has 1 N–H and O–H groups in total. The van der Waals surface area contributed by atoms with Crippen molar-refractivity contribution in [3.8, 4) is 5.75 Å². The monoisotopic (exact) mass is 294 g/mol. The predicted octanol–water partition coefficient (Wildman–Crippen LogP) is 4.26. The van der Waals surface area contributed by atoms with Crippen LogP contribution in [0.5, 0.6) is 5.75 Å². The molecule has 0 bridgehead atoms. The Morgan fingerprint density at radius 1 is 1.16 bits per heavy atom. The van der Waals surface area contributed by atoms with Gasteiger partial charge in [0.15, 0.2) is 0 Å². The highest BCUT2D eigenvalue weighted by Crippen LogP contribution is 2.37. The third-order valence-corrected chi connectivity index (χ3v) is 3.50. The van der Waals surface area contributed by atoms with Gasteiger partial charge in [-0.3, -0.25) is 0 Å². The maximum absolute atomic E-state index is 12.2. The minimum Gasteiger partial charge on any atom is -0.406 e. The molecule has 1 saturated carbocycles. The predicted molar refractivity (Wildman–Crippen MR) is 65.4 cm³/mol. The molecule has 1 aromatic carbocycles. The normalized spacial score (nSPS) is 24.3. The molecule has 6 heteroatoms. The first-order chi connectivity index (χ1) is 8.85. The highest BCUT2D eigenvalue weighted by atomic mass is 35.5. The quantitative estimate of drug-likeness (QED) is 0.883. The number of hydrogen-bond acceptors (Lipinski definition) is 2. The molecule has 0 aromatic heterocycles. The summed E-state index contributed by atoms with van der Waals surface area (Å²) >= 11 is 5.82. The number of benzene rings is 1. The number of hydrogen-bond donors (Lipinski definition) is 1. The van der Waals surface area contributed by atoms with Gasteiger partial charge in [-0.2, -0.15) is 0 Å². The molecule has 2 rings (SSSR count). The molecule has 0 radical (unpaired) electrons. The molecule has 106 valence electrons. The minimum absolute atomic E-state index is 0.175. The summed E-state index contributed by atoms with van der Waals surface area (Å²) in [5.74, 6) is -0.518. The van der Waals surface area contributed by atoms with Gasteiger partial charge in [-0.15, -0.1) is 13.2 Å². The van der Waals surface area contributed by atoms with Gasteiger partial charge in [-0.1, -0.05) is 24.4 Å². The molecule has 1 aliphatic carbocycles. The highest BCUT2D eigenvalue weighted by molar-refractivity contribution is 6.30. The van der Waals surface area contributed by atoms with Crippen LogP contribution in [-0.4, -0.2) is 17.6 Å². The van der Waals surface area contributed by atoms with Crippen LogP contribution >= 0.6 is 11.6 Å². The van der Waals surface area contributed by atoms with Crippen molar-refractivity contribution in [3.63, 3.8) is 0 Å². The molecular formula is C13H14ClF3O2. The van der Waals surface area contributed by atoms with Crippen LogP contribution in [0.4, 0.5) is 13.2 Å². The lowest BCUT2D eigenvalue weighted by Crippen LogP contribution is -2.23. The first kappa shape index (κ1) is 14.5. The molecule has 0 saturated heterocycles. The van der Waals surface area contributed by atoms with E-state index in [2.05, 4.69) is 4.74 Å². The lowest BCUT2D eigenvalue weighted by molar-refractivity contribution is -0.274. The number of aliphatic hydroxyl groups excluding tert-OH is 1. The SMILES string of the molecule is OC1CCCCC1c1cc(Cl)cc(OC(F)(F)F)c1. The zero-order chi connectivity index (χ0) is 14.0. The van der Waals surface area contributed by atoms with Crippen LogP contribution in [-0.2, 0) is 0 Å². The van der Waals surface area contributed by atoms with Gasteiger partial charge in [0.1, 0.15) is 5.75 Å². The van der Waals surface area contributed by atoms with E-state index in [9.17, 15) is 18.3 Å². The van der Waals surface area contributed by atoms with Gasteiger partial charge < -0.3 is 9.84 Å². The van der Waals surface area contributed by atoms with E-state index in [0.29, 0.717) is 12.0 Å². The van der Waals surface area contributed by atoms with Crippen LogP contribution in [0.15, 0.2) is 18.2 Å². The highest BCUT2D eigenvalue weighted by Gasteiger charge is 2.32. The Morgan fingerprint density at radius 2 is 1.84 bits per heavy atom. The molecule has 0 spiro atoms. The van der Waals surface area contributed by atoms with Gasteiger partial charge in [0.2, 0.25) is 0 Å².